The van der Waals surface area contributed by atoms with E-state index < -0.39 is 0 Å². The highest BCUT2D eigenvalue weighted by molar-refractivity contribution is 9.10. The molecule has 0 N–H and O–H groups in total. The van der Waals surface area contributed by atoms with Gasteiger partial charge < -0.3 is 4.90 Å². The zero-order chi connectivity index (χ0) is 20.2. The van der Waals surface area contributed by atoms with Gasteiger partial charge in [-0.2, -0.15) is 0 Å². The van der Waals surface area contributed by atoms with Crippen LogP contribution in [0.15, 0.2) is 75.8 Å². The third-order valence-corrected chi connectivity index (χ3v) is 6.90. The van der Waals surface area contributed by atoms with Crippen molar-refractivity contribution in [3.8, 4) is 11.1 Å². The summed E-state index contributed by atoms with van der Waals surface area (Å²) >= 11 is 6.55. The Labute approximate surface area is 186 Å². The lowest BCUT2D eigenvalue weighted by Gasteiger charge is -2.20. The first kappa shape index (κ1) is 20.1. The van der Waals surface area contributed by atoms with E-state index in [0.717, 1.165) is 36.5 Å². The fourth-order valence-electron chi connectivity index (χ4n) is 3.12. The molecule has 2 heterocycles. The molecule has 4 rings (SSSR count). The van der Waals surface area contributed by atoms with Gasteiger partial charge in [0.05, 0.1) is 11.1 Å². The second-order valence-electron chi connectivity index (χ2n) is 6.28. The number of nitrogens with zero attached hydrogens (tertiary/aromatic N) is 3. The molecule has 0 unspecified atom stereocenters. The van der Waals surface area contributed by atoms with E-state index in [9.17, 15) is 4.79 Å². The quantitative estimate of drug-likeness (QED) is 0.239. The monoisotopic (exact) mass is 483 g/mol. The predicted octanol–water partition coefficient (Wildman–Crippen LogP) is 6.27. The number of rotatable bonds is 6. The Morgan fingerprint density at radius 3 is 2.59 bits per heavy atom. The minimum Gasteiger partial charge on any atom is -0.312 e. The molecule has 4 nitrogen and oxygen atoms in total. The van der Waals surface area contributed by atoms with Gasteiger partial charge in [0.15, 0.2) is 0 Å². The average molecular weight is 484 g/mol. The first-order valence-electron chi connectivity index (χ1n) is 9.13. The van der Waals surface area contributed by atoms with Crippen molar-refractivity contribution in [2.75, 3.05) is 17.2 Å². The maximum absolute atomic E-state index is 12.9. The molecule has 0 aliphatic rings. The van der Waals surface area contributed by atoms with E-state index in [1.54, 1.807) is 22.6 Å². The van der Waals surface area contributed by atoms with Gasteiger partial charge in [-0.3, -0.25) is 4.79 Å². The second-order valence-corrected chi connectivity index (χ2v) is 9.02. The number of anilines is 1. The molecule has 1 amide bonds. The maximum Gasteiger partial charge on any atom is 0.237 e. The summed E-state index contributed by atoms with van der Waals surface area (Å²) in [7, 11) is 0. The smallest absolute Gasteiger partial charge is 0.237 e. The van der Waals surface area contributed by atoms with E-state index in [-0.39, 0.29) is 5.91 Å². The van der Waals surface area contributed by atoms with Crippen LogP contribution in [0.25, 0.3) is 21.3 Å². The number of aromatic nitrogens is 2. The zero-order valence-corrected chi connectivity index (χ0v) is 18.9. The van der Waals surface area contributed by atoms with Crippen LogP contribution in [0, 0.1) is 0 Å². The van der Waals surface area contributed by atoms with Crippen LogP contribution in [0.4, 0.5) is 5.69 Å². The minimum absolute atomic E-state index is 0.0656. The van der Waals surface area contributed by atoms with Gasteiger partial charge in [-0.05, 0) is 36.8 Å². The van der Waals surface area contributed by atoms with Crippen LogP contribution < -0.4 is 4.90 Å². The molecule has 0 spiro atoms. The Morgan fingerprint density at radius 1 is 1.10 bits per heavy atom. The fraction of sp³-hybridized carbons (Fsp3) is 0.136. The molecule has 0 bridgehead atoms. The van der Waals surface area contributed by atoms with Crippen LogP contribution in [0.3, 0.4) is 0 Å². The van der Waals surface area contributed by atoms with E-state index >= 15 is 0 Å². The lowest BCUT2D eigenvalue weighted by Crippen LogP contribution is -2.32. The van der Waals surface area contributed by atoms with Gasteiger partial charge in [-0.25, -0.2) is 9.97 Å². The van der Waals surface area contributed by atoms with Crippen LogP contribution in [-0.2, 0) is 4.79 Å². The van der Waals surface area contributed by atoms with Gasteiger partial charge >= 0.3 is 0 Å². The van der Waals surface area contributed by atoms with Crippen molar-refractivity contribution < 1.29 is 4.79 Å². The molecule has 0 atom stereocenters. The molecule has 0 saturated heterocycles. The summed E-state index contributed by atoms with van der Waals surface area (Å²) in [6.45, 7) is 2.62. The third kappa shape index (κ3) is 4.37. The number of fused-ring (bicyclic) bond motifs is 1. The van der Waals surface area contributed by atoms with Crippen molar-refractivity contribution in [1.82, 2.24) is 9.97 Å². The highest BCUT2D eigenvalue weighted by Crippen LogP contribution is 2.38. The number of para-hydroxylation sites is 1. The summed E-state index contributed by atoms with van der Waals surface area (Å²) in [5.41, 5.74) is 3.13. The van der Waals surface area contributed by atoms with E-state index in [4.69, 9.17) is 0 Å². The molecule has 0 radical (unpaired) electrons. The SMILES string of the molecule is CCN(C(=O)CSc1ncnc2scc(-c3ccc(Br)cc3)c12)c1ccccc1. The van der Waals surface area contributed by atoms with Gasteiger partial charge in [0, 0.05) is 27.6 Å². The molecule has 146 valence electrons. The molecule has 2 aromatic carbocycles. The van der Waals surface area contributed by atoms with Crippen molar-refractivity contribution >= 4 is 60.8 Å². The lowest BCUT2D eigenvalue weighted by atomic mass is 10.1. The van der Waals surface area contributed by atoms with Gasteiger partial charge in [0.25, 0.3) is 0 Å². The summed E-state index contributed by atoms with van der Waals surface area (Å²) < 4.78 is 1.04. The first-order chi connectivity index (χ1) is 14.2. The number of benzene rings is 2. The number of hydrogen-bond donors (Lipinski definition) is 0. The van der Waals surface area contributed by atoms with Crippen molar-refractivity contribution in [2.24, 2.45) is 0 Å². The van der Waals surface area contributed by atoms with Crippen LogP contribution in [0.5, 0.6) is 0 Å². The van der Waals surface area contributed by atoms with Gasteiger partial charge in [0.1, 0.15) is 16.2 Å². The summed E-state index contributed by atoms with van der Waals surface area (Å²) in [5, 5.41) is 3.96. The molecule has 7 heteroatoms. The van der Waals surface area contributed by atoms with E-state index in [0.29, 0.717) is 12.3 Å². The van der Waals surface area contributed by atoms with Crippen molar-refractivity contribution in [1.29, 1.82) is 0 Å². The molecule has 4 aromatic rings. The van der Waals surface area contributed by atoms with E-state index in [1.165, 1.54) is 11.8 Å². The third-order valence-electron chi connectivity index (χ3n) is 4.51. The standard InChI is InChI=1S/C22H18BrN3OS2/c1-2-26(17-6-4-3-5-7-17)19(27)13-29-22-20-18(12-28-21(20)24-14-25-22)15-8-10-16(23)11-9-15/h3-12,14H,2,13H2,1H3. The van der Waals surface area contributed by atoms with Crippen molar-refractivity contribution in [3.63, 3.8) is 0 Å². The van der Waals surface area contributed by atoms with Gasteiger partial charge in [-0.15, -0.1) is 11.3 Å². The number of hydrogen-bond acceptors (Lipinski definition) is 5. The number of thiophene rings is 1. The van der Waals surface area contributed by atoms with E-state index in [2.05, 4.69) is 43.4 Å². The number of carbonyl (C=O) groups excluding carboxylic acids is 1. The molecule has 0 saturated carbocycles. The Morgan fingerprint density at radius 2 is 1.86 bits per heavy atom. The van der Waals surface area contributed by atoms with Crippen LogP contribution in [-0.4, -0.2) is 28.2 Å². The summed E-state index contributed by atoms with van der Waals surface area (Å²) in [4.78, 5) is 24.5. The number of carbonyl (C=O) groups is 1. The number of amides is 1. The molecular formula is C22H18BrN3OS2. The van der Waals surface area contributed by atoms with Crippen LogP contribution >= 0.6 is 39.0 Å². The summed E-state index contributed by atoms with van der Waals surface area (Å²) in [5.74, 6) is 0.390. The maximum atomic E-state index is 12.9. The molecule has 0 aliphatic heterocycles. The van der Waals surface area contributed by atoms with Gasteiger partial charge in [-0.1, -0.05) is 58.0 Å². The number of thioether (sulfide) groups is 1. The number of halogens is 1. The molecule has 0 aliphatic carbocycles. The Kier molecular flexibility index (Phi) is 6.28. The molecule has 0 fully saturated rings. The predicted molar refractivity (Wildman–Crippen MR) is 126 cm³/mol. The summed E-state index contributed by atoms with van der Waals surface area (Å²) in [6.07, 6.45) is 1.58. The summed E-state index contributed by atoms with van der Waals surface area (Å²) in [6, 6.07) is 18.0. The van der Waals surface area contributed by atoms with Crippen LogP contribution in [0.1, 0.15) is 6.92 Å². The molecule has 2 aromatic heterocycles. The lowest BCUT2D eigenvalue weighted by molar-refractivity contribution is -0.116. The van der Waals surface area contributed by atoms with Crippen LogP contribution in [0.2, 0.25) is 0 Å². The van der Waals surface area contributed by atoms with Crippen molar-refractivity contribution in [2.45, 2.75) is 11.9 Å². The normalized spacial score (nSPS) is 11.0. The first-order valence-corrected chi connectivity index (χ1v) is 11.8. The van der Waals surface area contributed by atoms with Gasteiger partial charge in [0.2, 0.25) is 5.91 Å². The average Bonchev–Trinajstić information content (AvgIpc) is 3.19. The van der Waals surface area contributed by atoms with Crippen molar-refractivity contribution in [3.05, 3.63) is 70.8 Å². The largest absolute Gasteiger partial charge is 0.312 e. The molecular weight excluding hydrogens is 466 g/mol. The highest BCUT2D eigenvalue weighted by atomic mass is 79.9. The molecule has 29 heavy (non-hydrogen) atoms. The second kappa shape index (κ2) is 9.07. The zero-order valence-electron chi connectivity index (χ0n) is 15.7. The Bertz CT molecular complexity index is 1130. The fourth-order valence-corrected chi connectivity index (χ4v) is 5.25. The topological polar surface area (TPSA) is 46.1 Å². The highest BCUT2D eigenvalue weighted by Gasteiger charge is 2.18. The minimum atomic E-state index is 0.0656. The Balaban J connectivity index is 1.60. The Hall–Kier alpha value is -2.22. The van der Waals surface area contributed by atoms with E-state index in [1.807, 2.05) is 49.4 Å².